The van der Waals surface area contributed by atoms with Crippen molar-refractivity contribution >= 4 is 5.91 Å². The van der Waals surface area contributed by atoms with Crippen LogP contribution in [0.25, 0.3) is 0 Å². The maximum Gasteiger partial charge on any atom is 0.241 e. The molecule has 2 bridgehead atoms. The molecule has 0 aromatic carbocycles. The first-order chi connectivity index (χ1) is 34.1. The van der Waals surface area contributed by atoms with Gasteiger partial charge in [-0.25, -0.2) is 0 Å². The van der Waals surface area contributed by atoms with Crippen LogP contribution in [0.4, 0.5) is 0 Å². The van der Waals surface area contributed by atoms with Crippen LogP contribution in [0.15, 0.2) is 0 Å². The molecule has 8 fully saturated rings. The molecule has 8 heterocycles. The van der Waals surface area contributed by atoms with E-state index in [-0.39, 0.29) is 11.4 Å². The molecule has 0 aliphatic carbocycles. The van der Waals surface area contributed by atoms with Crippen LogP contribution in [0.5, 0.6) is 0 Å². The van der Waals surface area contributed by atoms with Crippen molar-refractivity contribution in [3.05, 3.63) is 0 Å². The number of hydrogen-bond acceptors (Lipinski definition) is 10. The van der Waals surface area contributed by atoms with E-state index in [0.717, 1.165) is 87.2 Å². The molecule has 8 aliphatic heterocycles. The van der Waals surface area contributed by atoms with Gasteiger partial charge >= 0.3 is 0 Å². The summed E-state index contributed by atoms with van der Waals surface area (Å²) >= 11 is 0. The van der Waals surface area contributed by atoms with E-state index in [1.807, 2.05) is 96.9 Å². The van der Waals surface area contributed by atoms with E-state index in [0.29, 0.717) is 12.7 Å². The standard InChI is InChI=1S/C10H19N3O.C8H16N2.C7H16N2.3C7H15N.7C2H6/c1-8(2)13-5-3-10(4-6-13)9(14)11-7-12-10;1-6(2)10-5-7-3-8(10)4-9-7;1-7(2)9-5-3-8-4-6-9;2*1-7(2)8-5-3-4-6-8;1-6(2)7-4-3-5-8-7;7*1-2/h8,12H,3-7H2,1-2H3,(H,11,14);6-9H,3-5H2,1-2H3;7-8H,3-6H2,1-2H3;2*7H,3-6H2,1-2H3;6-8H,3-5H2,1-2H3;7*1-2H3. The lowest BCUT2D eigenvalue weighted by molar-refractivity contribution is -0.125. The molecule has 1 spiro atoms. The van der Waals surface area contributed by atoms with Gasteiger partial charge < -0.3 is 36.0 Å². The van der Waals surface area contributed by atoms with E-state index in [2.05, 4.69) is 134 Å². The second-order valence-corrected chi connectivity index (χ2v) is 19.9. The molecule has 1 amide bonds. The third-order valence-electron chi connectivity index (χ3n) is 13.8. The molecule has 3 atom stereocenters. The topological polar surface area (TPSA) is 93.4 Å². The summed E-state index contributed by atoms with van der Waals surface area (Å²) in [6, 6.07) is 6.10. The lowest BCUT2D eigenvalue weighted by atomic mass is 9.87. The van der Waals surface area contributed by atoms with E-state index in [9.17, 15) is 4.79 Å². The van der Waals surface area contributed by atoms with Gasteiger partial charge in [-0.3, -0.25) is 19.9 Å². The molecule has 11 nitrogen and oxygen atoms in total. The van der Waals surface area contributed by atoms with Gasteiger partial charge in [-0.05, 0) is 166 Å². The number of carbonyl (C=O) groups is 1. The summed E-state index contributed by atoms with van der Waals surface area (Å²) in [7, 11) is 0. The lowest BCUT2D eigenvalue weighted by Crippen LogP contribution is -2.55. The molecule has 71 heavy (non-hydrogen) atoms. The Hall–Kier alpha value is -0.890. The van der Waals surface area contributed by atoms with Crippen LogP contribution in [-0.4, -0.2) is 176 Å². The zero-order valence-electron chi connectivity index (χ0n) is 53.6. The summed E-state index contributed by atoms with van der Waals surface area (Å²) in [5, 5.41) is 16.4. The van der Waals surface area contributed by atoms with E-state index in [4.69, 9.17) is 0 Å². The Morgan fingerprint density at radius 3 is 1.10 bits per heavy atom. The molecule has 0 radical (unpaired) electrons. The molecular formula is C60H138N10O. The number of piperidine rings is 1. The first-order valence-corrected chi connectivity index (χ1v) is 31.1. The van der Waals surface area contributed by atoms with Crippen molar-refractivity contribution in [1.29, 1.82) is 0 Å². The summed E-state index contributed by atoms with van der Waals surface area (Å²) < 4.78 is 0. The molecule has 0 aromatic heterocycles. The number of carbonyl (C=O) groups excluding carboxylic acids is 1. The highest BCUT2D eigenvalue weighted by molar-refractivity contribution is 5.88. The van der Waals surface area contributed by atoms with Gasteiger partial charge in [0, 0.05) is 101 Å². The number of likely N-dealkylation sites (tertiary alicyclic amines) is 4. The predicted octanol–water partition coefficient (Wildman–Crippen LogP) is 12.2. The normalized spacial score (nSPS) is 23.0. The second kappa shape index (κ2) is 52.5. The highest BCUT2D eigenvalue weighted by Gasteiger charge is 2.44. The Labute approximate surface area is 449 Å². The van der Waals surface area contributed by atoms with Crippen LogP contribution in [0.2, 0.25) is 0 Å². The molecule has 0 aromatic rings. The maximum absolute atomic E-state index is 11.6. The SMILES string of the molecule is CC.CC.CC.CC.CC.CC.CC.CC(C)C1CCCN1.CC(C)N1CC2CC1CN2.CC(C)N1CCC2(CC1)NCNC2=O.CC(C)N1CCCC1.CC(C)N1CCCC1.CC(C)N1CCNCC1. The number of nitrogens with zero attached hydrogens (tertiary/aromatic N) is 5. The van der Waals surface area contributed by atoms with Gasteiger partial charge in [0.1, 0.15) is 5.54 Å². The van der Waals surface area contributed by atoms with E-state index < -0.39 is 0 Å². The van der Waals surface area contributed by atoms with Crippen molar-refractivity contribution in [2.24, 2.45) is 5.92 Å². The average molecular weight is 1020 g/mol. The summed E-state index contributed by atoms with van der Waals surface area (Å²) in [5.74, 6) is 1.03. The van der Waals surface area contributed by atoms with Gasteiger partial charge in [-0.1, -0.05) is 111 Å². The van der Waals surface area contributed by atoms with Gasteiger partial charge in [-0.15, -0.1) is 0 Å². The van der Waals surface area contributed by atoms with Crippen molar-refractivity contribution in [3.8, 4) is 0 Å². The first-order valence-electron chi connectivity index (χ1n) is 31.1. The fraction of sp³-hybridized carbons (Fsp3) is 0.983. The van der Waals surface area contributed by atoms with Crippen LogP contribution in [0, 0.1) is 5.92 Å². The maximum atomic E-state index is 11.6. The van der Waals surface area contributed by atoms with Crippen LogP contribution in [0.3, 0.4) is 0 Å². The summed E-state index contributed by atoms with van der Waals surface area (Å²) in [6.07, 6.45) is 11.7. The molecule has 3 unspecified atom stereocenters. The monoisotopic (exact) mass is 1020 g/mol. The highest BCUT2D eigenvalue weighted by atomic mass is 16.2. The van der Waals surface area contributed by atoms with Crippen molar-refractivity contribution in [2.45, 2.75) is 292 Å². The Kier molecular flexibility index (Phi) is 58.5. The van der Waals surface area contributed by atoms with E-state index in [1.54, 1.807) is 0 Å². The number of fused-ring (bicyclic) bond motifs is 2. The summed E-state index contributed by atoms with van der Waals surface area (Å²) in [6.45, 7) is 71.7. The van der Waals surface area contributed by atoms with Crippen LogP contribution < -0.4 is 26.6 Å². The number of rotatable bonds is 6. The quantitative estimate of drug-likeness (QED) is 0.177. The highest BCUT2D eigenvalue weighted by Crippen LogP contribution is 2.26. The molecular weight excluding hydrogens is 877 g/mol. The summed E-state index contributed by atoms with van der Waals surface area (Å²) in [5.41, 5.74) is -0.245. The predicted molar refractivity (Wildman–Crippen MR) is 324 cm³/mol. The zero-order chi connectivity index (χ0) is 56.0. The smallest absolute Gasteiger partial charge is 0.241 e. The van der Waals surface area contributed by atoms with Crippen molar-refractivity contribution in [1.82, 2.24) is 51.1 Å². The molecule has 8 rings (SSSR count). The van der Waals surface area contributed by atoms with Gasteiger partial charge in [-0.2, -0.15) is 0 Å². The van der Waals surface area contributed by atoms with Gasteiger partial charge in [0.25, 0.3) is 0 Å². The molecule has 0 saturated carbocycles. The minimum absolute atomic E-state index is 0.195. The molecule has 11 heteroatoms. The second-order valence-electron chi connectivity index (χ2n) is 19.9. The fourth-order valence-corrected chi connectivity index (χ4v) is 9.59. The molecule has 434 valence electrons. The molecule has 8 aliphatic rings. The van der Waals surface area contributed by atoms with Crippen molar-refractivity contribution in [2.75, 3.05) is 91.8 Å². The minimum Gasteiger partial charge on any atom is -0.342 e. The number of piperazine rings is 2. The van der Waals surface area contributed by atoms with Gasteiger partial charge in [0.05, 0.1) is 6.67 Å². The van der Waals surface area contributed by atoms with Crippen molar-refractivity contribution < 1.29 is 4.79 Å². The minimum atomic E-state index is -0.245. The average Bonchev–Trinajstić information content (AvgIpc) is 4.29. The molecule has 5 N–H and O–H groups in total. The van der Waals surface area contributed by atoms with Crippen LogP contribution in [-0.2, 0) is 4.79 Å². The van der Waals surface area contributed by atoms with Gasteiger partial charge in [0.15, 0.2) is 0 Å². The number of nitrogens with one attached hydrogen (secondary N) is 5. The number of amides is 1. The zero-order valence-corrected chi connectivity index (χ0v) is 53.6. The Bertz CT molecular complexity index is 994. The third-order valence-corrected chi connectivity index (χ3v) is 13.8. The Morgan fingerprint density at radius 1 is 0.479 bits per heavy atom. The Morgan fingerprint density at radius 2 is 0.873 bits per heavy atom. The first kappa shape index (κ1) is 79.0. The summed E-state index contributed by atoms with van der Waals surface area (Å²) in [4.78, 5) is 24.2. The third kappa shape index (κ3) is 35.1. The van der Waals surface area contributed by atoms with Gasteiger partial charge in [0.2, 0.25) is 5.91 Å². The van der Waals surface area contributed by atoms with E-state index >= 15 is 0 Å². The van der Waals surface area contributed by atoms with E-state index in [1.165, 1.54) is 104 Å². The van der Waals surface area contributed by atoms with Crippen molar-refractivity contribution in [3.63, 3.8) is 0 Å². The largest absolute Gasteiger partial charge is 0.342 e. The van der Waals surface area contributed by atoms with Crippen LogP contribution >= 0.6 is 0 Å². The molecule has 8 saturated heterocycles. The number of hydrogen-bond donors (Lipinski definition) is 5. The van der Waals surface area contributed by atoms with Crippen LogP contribution in [0.1, 0.15) is 238 Å². The lowest BCUT2D eigenvalue weighted by Gasteiger charge is -2.39. The fourth-order valence-electron chi connectivity index (χ4n) is 9.59. The Balaban J connectivity index is -0.000000236.